The second-order valence-electron chi connectivity index (χ2n) is 5.65. The van der Waals surface area contributed by atoms with Crippen LogP contribution >= 0.6 is 0 Å². The number of nitrogens with zero attached hydrogens (tertiary/aromatic N) is 1. The van der Waals surface area contributed by atoms with Crippen LogP contribution in [0.1, 0.15) is 24.8 Å². The highest BCUT2D eigenvalue weighted by Gasteiger charge is 2.40. The van der Waals surface area contributed by atoms with Crippen LogP contribution in [0, 0.1) is 11.8 Å². The molecule has 1 aliphatic heterocycles. The molecule has 1 amide bonds. The van der Waals surface area contributed by atoms with Crippen molar-refractivity contribution in [1.29, 1.82) is 0 Å². The summed E-state index contributed by atoms with van der Waals surface area (Å²) in [6, 6.07) is 9.68. The van der Waals surface area contributed by atoms with Gasteiger partial charge in [0.25, 0.3) is 0 Å². The third-order valence-electron chi connectivity index (χ3n) is 4.37. The molecule has 0 radical (unpaired) electrons. The van der Waals surface area contributed by atoms with E-state index in [4.69, 9.17) is 4.74 Å². The maximum absolute atomic E-state index is 12.1. The number of carbonyl (C=O) groups is 2. The molecule has 2 fully saturated rings. The molecule has 0 aromatic heterocycles. The molecule has 2 atom stereocenters. The first-order valence-corrected chi connectivity index (χ1v) is 7.22. The fourth-order valence-corrected chi connectivity index (χ4v) is 3.24. The average molecular weight is 273 g/mol. The van der Waals surface area contributed by atoms with Gasteiger partial charge in [0, 0.05) is 25.4 Å². The highest BCUT2D eigenvalue weighted by atomic mass is 16.6. The van der Waals surface area contributed by atoms with Crippen LogP contribution in [0.3, 0.4) is 0 Å². The van der Waals surface area contributed by atoms with Crippen LogP contribution < -0.4 is 0 Å². The van der Waals surface area contributed by atoms with E-state index in [1.54, 1.807) is 4.90 Å². The van der Waals surface area contributed by atoms with Gasteiger partial charge >= 0.3 is 6.09 Å². The lowest BCUT2D eigenvalue weighted by atomic mass is 9.88. The largest absolute Gasteiger partial charge is 0.445 e. The number of rotatable bonds is 2. The Balaban J connectivity index is 1.52. The smallest absolute Gasteiger partial charge is 0.410 e. The van der Waals surface area contributed by atoms with Crippen molar-refractivity contribution in [3.63, 3.8) is 0 Å². The summed E-state index contributed by atoms with van der Waals surface area (Å²) >= 11 is 0. The van der Waals surface area contributed by atoms with Gasteiger partial charge in [0.2, 0.25) is 0 Å². The number of ether oxygens (including phenoxy) is 1. The van der Waals surface area contributed by atoms with Crippen molar-refractivity contribution in [3.05, 3.63) is 35.9 Å². The van der Waals surface area contributed by atoms with Crippen molar-refractivity contribution in [2.75, 3.05) is 13.1 Å². The summed E-state index contributed by atoms with van der Waals surface area (Å²) in [5.74, 6) is 0.918. The zero-order valence-electron chi connectivity index (χ0n) is 11.5. The van der Waals surface area contributed by atoms with Gasteiger partial charge in [-0.15, -0.1) is 0 Å². The summed E-state index contributed by atoms with van der Waals surface area (Å²) in [7, 11) is 0. The molecule has 20 heavy (non-hydrogen) atoms. The first-order chi connectivity index (χ1) is 9.74. The van der Waals surface area contributed by atoms with Gasteiger partial charge in [-0.2, -0.15) is 0 Å². The summed E-state index contributed by atoms with van der Waals surface area (Å²) in [5, 5.41) is 0. The van der Waals surface area contributed by atoms with Crippen molar-refractivity contribution >= 4 is 11.9 Å². The Morgan fingerprint density at radius 3 is 2.85 bits per heavy atom. The molecule has 1 aromatic carbocycles. The molecule has 1 aliphatic carbocycles. The molecule has 1 saturated carbocycles. The van der Waals surface area contributed by atoms with Crippen LogP contribution in [-0.2, 0) is 16.1 Å². The van der Waals surface area contributed by atoms with E-state index in [0.29, 0.717) is 37.8 Å². The maximum Gasteiger partial charge on any atom is 0.410 e. The Morgan fingerprint density at radius 1 is 1.25 bits per heavy atom. The maximum atomic E-state index is 12.1. The monoisotopic (exact) mass is 273 g/mol. The van der Waals surface area contributed by atoms with Gasteiger partial charge in [-0.3, -0.25) is 4.79 Å². The predicted octanol–water partition coefficient (Wildman–Crippen LogP) is 2.62. The topological polar surface area (TPSA) is 46.6 Å². The second-order valence-corrected chi connectivity index (χ2v) is 5.65. The minimum absolute atomic E-state index is 0.188. The molecule has 0 spiro atoms. The number of fused-ring (bicyclic) bond motifs is 1. The number of carbonyl (C=O) groups excluding carboxylic acids is 2. The van der Waals surface area contributed by atoms with Crippen LogP contribution in [0.2, 0.25) is 0 Å². The molecule has 0 N–H and O–H groups in total. The Kier molecular flexibility index (Phi) is 3.72. The van der Waals surface area contributed by atoms with E-state index in [2.05, 4.69) is 0 Å². The highest BCUT2D eigenvalue weighted by molar-refractivity contribution is 5.83. The Morgan fingerprint density at radius 2 is 2.05 bits per heavy atom. The van der Waals surface area contributed by atoms with Crippen LogP contribution in [0.25, 0.3) is 0 Å². The molecule has 4 nitrogen and oxygen atoms in total. The number of ketones is 1. The predicted molar refractivity (Wildman–Crippen MR) is 74.0 cm³/mol. The minimum atomic E-state index is -0.258. The van der Waals surface area contributed by atoms with Gasteiger partial charge in [0.1, 0.15) is 12.4 Å². The number of benzene rings is 1. The van der Waals surface area contributed by atoms with E-state index in [1.165, 1.54) is 0 Å². The van der Waals surface area contributed by atoms with Gasteiger partial charge in [-0.25, -0.2) is 4.79 Å². The summed E-state index contributed by atoms with van der Waals surface area (Å²) in [5.41, 5.74) is 0.992. The lowest BCUT2D eigenvalue weighted by Gasteiger charge is -2.33. The number of Topliss-reactive ketones (excluding diaryl/α,β-unsaturated/α-hetero) is 1. The van der Waals surface area contributed by atoms with Gasteiger partial charge in [0.15, 0.2) is 0 Å². The van der Waals surface area contributed by atoms with Crippen molar-refractivity contribution in [2.24, 2.45) is 11.8 Å². The quantitative estimate of drug-likeness (QED) is 0.832. The SMILES string of the molecule is O=C1CC[C@H]2CN(C(=O)OCc3ccccc3)CC[C@@H]12. The van der Waals surface area contributed by atoms with Gasteiger partial charge < -0.3 is 9.64 Å². The summed E-state index contributed by atoms with van der Waals surface area (Å²) in [6.07, 6.45) is 2.14. The normalized spacial score (nSPS) is 25.4. The molecule has 1 aromatic rings. The Labute approximate surface area is 118 Å². The molecule has 3 rings (SSSR count). The van der Waals surface area contributed by atoms with Crippen molar-refractivity contribution in [3.8, 4) is 0 Å². The summed E-state index contributed by atoms with van der Waals surface area (Å²) in [4.78, 5) is 25.5. The first kappa shape index (κ1) is 13.2. The van der Waals surface area contributed by atoms with E-state index >= 15 is 0 Å². The van der Waals surface area contributed by atoms with E-state index < -0.39 is 0 Å². The molecule has 0 bridgehead atoms. The Bertz CT molecular complexity index is 500. The molecule has 106 valence electrons. The zero-order valence-corrected chi connectivity index (χ0v) is 11.5. The fraction of sp³-hybridized carbons (Fsp3) is 0.500. The molecular formula is C16H19NO3. The summed E-state index contributed by atoms with van der Waals surface area (Å²) in [6.45, 7) is 1.62. The zero-order chi connectivity index (χ0) is 13.9. The lowest BCUT2D eigenvalue weighted by molar-refractivity contribution is -0.122. The number of hydrogen-bond acceptors (Lipinski definition) is 3. The third-order valence-corrected chi connectivity index (χ3v) is 4.37. The number of piperidine rings is 1. The minimum Gasteiger partial charge on any atom is -0.445 e. The Hall–Kier alpha value is -1.84. The molecule has 1 saturated heterocycles. The van der Waals surface area contributed by atoms with Crippen LogP contribution in [0.15, 0.2) is 30.3 Å². The van der Waals surface area contributed by atoms with E-state index in [1.807, 2.05) is 30.3 Å². The molecule has 1 heterocycles. The molecular weight excluding hydrogens is 254 g/mol. The van der Waals surface area contributed by atoms with Crippen LogP contribution in [-0.4, -0.2) is 29.9 Å². The first-order valence-electron chi connectivity index (χ1n) is 7.22. The lowest BCUT2D eigenvalue weighted by Crippen LogP contribution is -2.43. The molecule has 4 heteroatoms. The molecule has 0 unspecified atom stereocenters. The number of likely N-dealkylation sites (tertiary alicyclic amines) is 1. The van der Waals surface area contributed by atoms with Crippen molar-refractivity contribution in [2.45, 2.75) is 25.9 Å². The average Bonchev–Trinajstić information content (AvgIpc) is 2.87. The van der Waals surface area contributed by atoms with Crippen molar-refractivity contribution < 1.29 is 14.3 Å². The summed E-state index contributed by atoms with van der Waals surface area (Å²) < 4.78 is 5.34. The molecule has 2 aliphatic rings. The number of hydrogen-bond donors (Lipinski definition) is 0. The van der Waals surface area contributed by atoms with Gasteiger partial charge in [0.05, 0.1) is 0 Å². The van der Waals surface area contributed by atoms with Crippen LogP contribution in [0.4, 0.5) is 4.79 Å². The standard InChI is InChI=1S/C16H19NO3/c18-15-7-6-13-10-17(9-8-14(13)15)16(19)20-11-12-4-2-1-3-5-12/h1-5,13-14H,6-11H2/t13-,14+/m0/s1. The van der Waals surface area contributed by atoms with Gasteiger partial charge in [-0.05, 0) is 24.3 Å². The third kappa shape index (κ3) is 2.69. The highest BCUT2D eigenvalue weighted by Crippen LogP contribution is 2.35. The van der Waals surface area contributed by atoms with Crippen molar-refractivity contribution in [1.82, 2.24) is 4.90 Å². The van der Waals surface area contributed by atoms with E-state index in [9.17, 15) is 9.59 Å². The fourth-order valence-electron chi connectivity index (χ4n) is 3.24. The van der Waals surface area contributed by atoms with E-state index in [0.717, 1.165) is 18.4 Å². The second kappa shape index (κ2) is 5.65. The van der Waals surface area contributed by atoms with Crippen LogP contribution in [0.5, 0.6) is 0 Å². The van der Waals surface area contributed by atoms with Gasteiger partial charge in [-0.1, -0.05) is 30.3 Å². The van der Waals surface area contributed by atoms with E-state index in [-0.39, 0.29) is 12.0 Å². The number of amides is 1.